The molecule has 2 fully saturated rings. The summed E-state index contributed by atoms with van der Waals surface area (Å²) in [5.74, 6) is -1.88. The van der Waals surface area contributed by atoms with Gasteiger partial charge in [0.15, 0.2) is 0 Å². The Kier molecular flexibility index (Phi) is 5.41. The molecule has 36 heavy (non-hydrogen) atoms. The smallest absolute Gasteiger partial charge is 0.338 e. The number of amides is 2. The van der Waals surface area contributed by atoms with Crippen LogP contribution in [-0.4, -0.2) is 24.4 Å². The van der Waals surface area contributed by atoms with Crippen molar-refractivity contribution in [1.82, 2.24) is 0 Å². The summed E-state index contributed by atoms with van der Waals surface area (Å²) in [7, 11) is 0. The van der Waals surface area contributed by atoms with Gasteiger partial charge in [-0.3, -0.25) is 9.59 Å². The van der Waals surface area contributed by atoms with E-state index in [1.165, 1.54) is 4.90 Å². The molecule has 3 aliphatic rings. The van der Waals surface area contributed by atoms with Gasteiger partial charge in [0.1, 0.15) is 0 Å². The topological polar surface area (TPSA) is 63.7 Å². The maximum Gasteiger partial charge on any atom is 0.338 e. The van der Waals surface area contributed by atoms with Crippen LogP contribution in [0.25, 0.3) is 5.57 Å². The summed E-state index contributed by atoms with van der Waals surface area (Å²) in [5.41, 5.74) is 5.32. The van der Waals surface area contributed by atoms with Gasteiger partial charge >= 0.3 is 5.97 Å². The van der Waals surface area contributed by atoms with Gasteiger partial charge in [0.05, 0.1) is 29.7 Å². The van der Waals surface area contributed by atoms with E-state index in [-0.39, 0.29) is 30.3 Å². The quantitative estimate of drug-likeness (QED) is 0.286. The zero-order valence-electron chi connectivity index (χ0n) is 19.8. The number of hydrogen-bond donors (Lipinski definition) is 0. The molecule has 4 atom stereocenters. The van der Waals surface area contributed by atoms with Crippen LogP contribution in [0.1, 0.15) is 28.4 Å². The van der Waals surface area contributed by atoms with Crippen LogP contribution >= 0.6 is 0 Å². The van der Waals surface area contributed by atoms with Crippen molar-refractivity contribution in [3.05, 3.63) is 119 Å². The Balaban J connectivity index is 1.39. The van der Waals surface area contributed by atoms with Crippen LogP contribution in [0.15, 0.2) is 103 Å². The van der Waals surface area contributed by atoms with Crippen molar-refractivity contribution in [1.29, 1.82) is 0 Å². The lowest BCUT2D eigenvalue weighted by atomic mass is 9.85. The maximum atomic E-state index is 13.7. The Labute approximate surface area is 209 Å². The predicted octanol–water partition coefficient (Wildman–Crippen LogP) is 5.29. The average Bonchev–Trinajstić information content (AvgIpc) is 3.55. The summed E-state index contributed by atoms with van der Waals surface area (Å²) < 4.78 is 5.04. The number of benzene rings is 3. The zero-order chi connectivity index (χ0) is 24.8. The third-order valence-corrected chi connectivity index (χ3v) is 7.47. The highest BCUT2D eigenvalue weighted by Gasteiger charge is 2.62. The highest BCUT2D eigenvalue weighted by atomic mass is 16.5. The van der Waals surface area contributed by atoms with E-state index in [9.17, 15) is 14.4 Å². The molecule has 6 rings (SSSR count). The minimum absolute atomic E-state index is 0.129. The maximum absolute atomic E-state index is 13.7. The molecule has 2 amide bonds. The van der Waals surface area contributed by atoms with Crippen LogP contribution in [0.4, 0.5) is 5.69 Å². The van der Waals surface area contributed by atoms with Gasteiger partial charge in [-0.15, -0.1) is 0 Å². The number of anilines is 1. The largest absolute Gasteiger partial charge is 0.462 e. The summed E-state index contributed by atoms with van der Waals surface area (Å²) in [6.45, 7) is 2.03. The normalized spacial score (nSPS) is 23.8. The molecule has 3 aromatic rings. The second kappa shape index (κ2) is 8.76. The number of imide groups is 1. The number of hydrogen-bond acceptors (Lipinski definition) is 4. The molecule has 0 N–H and O–H groups in total. The SMILES string of the molecule is CCOC(=O)c1ccc(N2C(=O)[C@@H]3[C@H](C2=O)[C@H]2C=C[C@@H]3C2=C(c2ccccc2)c2ccccc2)cc1. The lowest BCUT2D eigenvalue weighted by molar-refractivity contribution is -0.122. The molecule has 0 unspecified atom stereocenters. The summed E-state index contributed by atoms with van der Waals surface area (Å²) >= 11 is 0. The van der Waals surface area contributed by atoms with Crippen molar-refractivity contribution in [2.24, 2.45) is 23.7 Å². The molecule has 5 nitrogen and oxygen atoms in total. The highest BCUT2D eigenvalue weighted by molar-refractivity contribution is 6.23. The Bertz CT molecular complexity index is 1330. The van der Waals surface area contributed by atoms with E-state index in [2.05, 4.69) is 36.4 Å². The van der Waals surface area contributed by atoms with Crippen LogP contribution in [0, 0.1) is 23.7 Å². The molecule has 5 heteroatoms. The second-order valence-corrected chi connectivity index (χ2v) is 9.33. The highest BCUT2D eigenvalue weighted by Crippen LogP contribution is 2.58. The molecular formula is C31H25NO4. The van der Waals surface area contributed by atoms with Crippen LogP contribution in [-0.2, 0) is 14.3 Å². The monoisotopic (exact) mass is 475 g/mol. The van der Waals surface area contributed by atoms with E-state index in [0.29, 0.717) is 11.3 Å². The molecule has 1 aliphatic heterocycles. The predicted molar refractivity (Wildman–Crippen MR) is 137 cm³/mol. The summed E-state index contributed by atoms with van der Waals surface area (Å²) in [4.78, 5) is 40.7. The fourth-order valence-corrected chi connectivity index (χ4v) is 6.02. The van der Waals surface area contributed by atoms with Gasteiger partial charge in [-0.2, -0.15) is 0 Å². The average molecular weight is 476 g/mol. The van der Waals surface area contributed by atoms with Gasteiger partial charge in [-0.25, -0.2) is 9.69 Å². The Morgan fingerprint density at radius 2 is 1.22 bits per heavy atom. The van der Waals surface area contributed by atoms with Crippen LogP contribution in [0.2, 0.25) is 0 Å². The first-order valence-electron chi connectivity index (χ1n) is 12.3. The van der Waals surface area contributed by atoms with E-state index in [0.717, 1.165) is 22.3 Å². The van der Waals surface area contributed by atoms with E-state index in [1.807, 2.05) is 36.4 Å². The number of carbonyl (C=O) groups excluding carboxylic acids is 3. The third kappa shape index (κ3) is 3.34. The minimum atomic E-state index is -0.425. The van der Waals surface area contributed by atoms with E-state index in [1.54, 1.807) is 31.2 Å². The van der Waals surface area contributed by atoms with Gasteiger partial charge in [0.25, 0.3) is 0 Å². The molecule has 3 aromatic carbocycles. The standard InChI is InChI=1S/C31H25NO4/c1-2-36-31(35)21-13-15-22(16-14-21)32-29(33)27-23-17-18-24(28(27)30(32)34)26(23)25(19-9-5-3-6-10-19)20-11-7-4-8-12-20/h3-18,23-24,27-28H,2H2,1H3/t23-,24+,27+,28-. The lowest BCUT2D eigenvalue weighted by Gasteiger charge is -2.21. The number of nitrogens with zero attached hydrogens (tertiary/aromatic N) is 1. The second-order valence-electron chi connectivity index (χ2n) is 9.33. The number of ether oxygens (including phenoxy) is 1. The molecule has 1 heterocycles. The summed E-state index contributed by atoms with van der Waals surface area (Å²) in [5, 5.41) is 0. The first kappa shape index (κ1) is 22.2. The first-order valence-corrected chi connectivity index (χ1v) is 12.3. The summed E-state index contributed by atoms with van der Waals surface area (Å²) in [6.07, 6.45) is 4.21. The van der Waals surface area contributed by atoms with E-state index >= 15 is 0 Å². The third-order valence-electron chi connectivity index (χ3n) is 7.47. The number of carbonyl (C=O) groups is 3. The van der Waals surface area contributed by atoms with Crippen LogP contribution in [0.5, 0.6) is 0 Å². The van der Waals surface area contributed by atoms with Crippen molar-refractivity contribution in [3.8, 4) is 0 Å². The molecule has 0 radical (unpaired) electrons. The first-order chi connectivity index (χ1) is 17.6. The molecule has 1 saturated heterocycles. The van der Waals surface area contributed by atoms with Gasteiger partial charge in [0, 0.05) is 11.8 Å². The van der Waals surface area contributed by atoms with E-state index in [4.69, 9.17) is 4.74 Å². The fourth-order valence-electron chi connectivity index (χ4n) is 6.02. The fraction of sp³-hybridized carbons (Fsp3) is 0.194. The number of allylic oxidation sites excluding steroid dienone is 3. The minimum Gasteiger partial charge on any atom is -0.462 e. The lowest BCUT2D eigenvalue weighted by Crippen LogP contribution is -2.33. The van der Waals surface area contributed by atoms with Crippen molar-refractivity contribution in [2.75, 3.05) is 11.5 Å². The molecule has 2 aliphatic carbocycles. The van der Waals surface area contributed by atoms with Gasteiger partial charge < -0.3 is 4.74 Å². The number of rotatable bonds is 5. The van der Waals surface area contributed by atoms with Crippen LogP contribution < -0.4 is 4.90 Å². The molecule has 178 valence electrons. The Morgan fingerprint density at radius 3 is 1.69 bits per heavy atom. The van der Waals surface area contributed by atoms with Crippen molar-refractivity contribution >= 4 is 29.0 Å². The zero-order valence-corrected chi connectivity index (χ0v) is 19.8. The number of fused-ring (bicyclic) bond motifs is 5. The van der Waals surface area contributed by atoms with Gasteiger partial charge in [-0.05, 0) is 53.5 Å². The molecule has 0 spiro atoms. The molecule has 0 aromatic heterocycles. The van der Waals surface area contributed by atoms with Gasteiger partial charge in [0.2, 0.25) is 11.8 Å². The molecular weight excluding hydrogens is 450 g/mol. The van der Waals surface area contributed by atoms with Crippen molar-refractivity contribution < 1.29 is 19.1 Å². The Hall–Kier alpha value is -4.25. The van der Waals surface area contributed by atoms with Gasteiger partial charge in [-0.1, -0.05) is 72.8 Å². The Morgan fingerprint density at radius 1 is 0.722 bits per heavy atom. The molecule has 1 saturated carbocycles. The molecule has 2 bridgehead atoms. The van der Waals surface area contributed by atoms with E-state index < -0.39 is 17.8 Å². The van der Waals surface area contributed by atoms with Crippen LogP contribution in [0.3, 0.4) is 0 Å². The number of esters is 1. The van der Waals surface area contributed by atoms with Crippen molar-refractivity contribution in [3.63, 3.8) is 0 Å². The summed E-state index contributed by atoms with van der Waals surface area (Å²) in [6, 6.07) is 26.9. The van der Waals surface area contributed by atoms with Crippen molar-refractivity contribution in [2.45, 2.75) is 6.92 Å².